The summed E-state index contributed by atoms with van der Waals surface area (Å²) in [6, 6.07) is 12.4. The molecular weight excluding hydrogens is 400 g/mol. The summed E-state index contributed by atoms with van der Waals surface area (Å²) in [5, 5.41) is 11.3. The fourth-order valence-corrected chi connectivity index (χ4v) is 4.34. The van der Waals surface area contributed by atoms with Gasteiger partial charge in [-0.2, -0.15) is 0 Å². The van der Waals surface area contributed by atoms with Gasteiger partial charge in [-0.3, -0.25) is 0 Å². The Morgan fingerprint density at radius 3 is 2.11 bits per heavy atom. The van der Waals surface area contributed by atoms with E-state index < -0.39 is 0 Å². The van der Waals surface area contributed by atoms with Crippen molar-refractivity contribution in [3.63, 3.8) is 0 Å². The molecule has 0 spiro atoms. The molecule has 0 bridgehead atoms. The van der Waals surface area contributed by atoms with Crippen LogP contribution in [0.4, 0.5) is 8.78 Å². The number of aromatic nitrogens is 3. The highest BCUT2D eigenvalue weighted by atomic mass is 32.2. The standard InChI is InChI=1S/C20H15F2N3OS2/c1-12-23-17(11-27-12)10-18-24-25-20(26-18)28-19(13-2-6-15(21)7-3-13)14-4-8-16(22)9-5-14/h2-9,11,19H,10H2,1H3. The zero-order chi connectivity index (χ0) is 19.5. The molecule has 4 rings (SSSR count). The van der Waals surface area contributed by atoms with E-state index in [1.807, 2.05) is 12.3 Å². The van der Waals surface area contributed by atoms with Crippen LogP contribution in [0.1, 0.15) is 33.0 Å². The molecule has 2 heterocycles. The van der Waals surface area contributed by atoms with Crippen molar-refractivity contribution in [2.24, 2.45) is 0 Å². The fourth-order valence-electron chi connectivity index (χ4n) is 2.71. The molecule has 4 aromatic rings. The lowest BCUT2D eigenvalue weighted by Crippen LogP contribution is -1.97. The Morgan fingerprint density at radius 1 is 0.964 bits per heavy atom. The van der Waals surface area contributed by atoms with Crippen molar-refractivity contribution in [2.75, 3.05) is 0 Å². The minimum absolute atomic E-state index is 0.240. The van der Waals surface area contributed by atoms with Crippen LogP contribution < -0.4 is 0 Å². The Morgan fingerprint density at radius 2 is 1.57 bits per heavy atom. The Labute approximate surface area is 168 Å². The highest BCUT2D eigenvalue weighted by Crippen LogP contribution is 2.40. The number of nitrogens with zero attached hydrogens (tertiary/aromatic N) is 3. The van der Waals surface area contributed by atoms with E-state index in [9.17, 15) is 8.78 Å². The lowest BCUT2D eigenvalue weighted by Gasteiger charge is -2.15. The molecular formula is C20H15F2N3OS2. The average Bonchev–Trinajstić information content (AvgIpc) is 3.30. The number of thioether (sulfide) groups is 1. The van der Waals surface area contributed by atoms with E-state index in [-0.39, 0.29) is 16.9 Å². The van der Waals surface area contributed by atoms with Crippen molar-refractivity contribution >= 4 is 23.1 Å². The van der Waals surface area contributed by atoms with Crippen LogP contribution in [0.3, 0.4) is 0 Å². The molecule has 0 radical (unpaired) electrons. The van der Waals surface area contributed by atoms with Gasteiger partial charge in [-0.15, -0.1) is 21.5 Å². The summed E-state index contributed by atoms with van der Waals surface area (Å²) < 4.78 is 32.5. The van der Waals surface area contributed by atoms with Crippen molar-refractivity contribution < 1.29 is 13.2 Å². The Kier molecular flexibility index (Phi) is 5.50. The number of halogens is 2. The first kappa shape index (κ1) is 18.8. The first-order valence-corrected chi connectivity index (χ1v) is 10.2. The second-order valence-corrected chi connectivity index (χ2v) is 8.22. The molecule has 8 heteroatoms. The van der Waals surface area contributed by atoms with Crippen LogP contribution in [-0.2, 0) is 6.42 Å². The van der Waals surface area contributed by atoms with E-state index in [1.54, 1.807) is 35.6 Å². The zero-order valence-corrected chi connectivity index (χ0v) is 16.4. The average molecular weight is 415 g/mol. The molecule has 0 aliphatic carbocycles. The maximum atomic E-state index is 13.3. The van der Waals surface area contributed by atoms with E-state index in [2.05, 4.69) is 15.2 Å². The van der Waals surface area contributed by atoms with E-state index in [0.717, 1.165) is 21.8 Å². The van der Waals surface area contributed by atoms with Crippen molar-refractivity contribution in [1.29, 1.82) is 0 Å². The molecule has 0 aliphatic heterocycles. The predicted octanol–water partition coefficient (Wildman–Crippen LogP) is 5.59. The van der Waals surface area contributed by atoms with E-state index in [1.165, 1.54) is 36.0 Å². The Bertz CT molecular complexity index is 1020. The van der Waals surface area contributed by atoms with Gasteiger partial charge >= 0.3 is 0 Å². The largest absolute Gasteiger partial charge is 0.416 e. The SMILES string of the molecule is Cc1nc(Cc2nnc(SC(c3ccc(F)cc3)c3ccc(F)cc3)o2)cs1. The topological polar surface area (TPSA) is 51.8 Å². The van der Waals surface area contributed by atoms with Crippen LogP contribution in [0.25, 0.3) is 0 Å². The van der Waals surface area contributed by atoms with Crippen molar-refractivity contribution in [3.05, 3.63) is 93.3 Å². The first-order chi connectivity index (χ1) is 13.6. The molecule has 0 N–H and O–H groups in total. The molecule has 2 aromatic heterocycles. The van der Waals surface area contributed by atoms with Crippen LogP contribution in [0.5, 0.6) is 0 Å². The number of thiazole rings is 1. The first-order valence-electron chi connectivity index (χ1n) is 8.48. The van der Waals surface area contributed by atoms with Crippen molar-refractivity contribution in [1.82, 2.24) is 15.2 Å². The third kappa shape index (κ3) is 4.45. The summed E-state index contributed by atoms with van der Waals surface area (Å²) in [6.45, 7) is 1.94. The van der Waals surface area contributed by atoms with Gasteiger partial charge in [0.2, 0.25) is 5.89 Å². The maximum absolute atomic E-state index is 13.3. The summed E-state index contributed by atoms with van der Waals surface area (Å²) in [4.78, 5) is 4.40. The van der Waals surface area contributed by atoms with E-state index in [0.29, 0.717) is 17.5 Å². The summed E-state index contributed by atoms with van der Waals surface area (Å²) >= 11 is 2.91. The molecule has 0 aliphatic rings. The van der Waals surface area contributed by atoms with E-state index >= 15 is 0 Å². The van der Waals surface area contributed by atoms with Crippen LogP contribution in [0.15, 0.2) is 63.6 Å². The molecule has 0 unspecified atom stereocenters. The normalized spacial score (nSPS) is 11.3. The fraction of sp³-hybridized carbons (Fsp3) is 0.150. The minimum atomic E-state index is -0.315. The van der Waals surface area contributed by atoms with Crippen LogP contribution >= 0.6 is 23.1 Å². The Balaban J connectivity index is 1.58. The van der Waals surface area contributed by atoms with Crippen molar-refractivity contribution in [3.8, 4) is 0 Å². The van der Waals surface area contributed by atoms with Gasteiger partial charge in [0, 0.05) is 5.38 Å². The van der Waals surface area contributed by atoms with Gasteiger partial charge in [0.1, 0.15) is 11.6 Å². The lowest BCUT2D eigenvalue weighted by molar-refractivity contribution is 0.419. The van der Waals surface area contributed by atoms with Crippen LogP contribution in [0, 0.1) is 18.6 Å². The highest BCUT2D eigenvalue weighted by molar-refractivity contribution is 7.99. The minimum Gasteiger partial charge on any atom is -0.416 e. The summed E-state index contributed by atoms with van der Waals surface area (Å²) in [7, 11) is 0. The van der Waals surface area contributed by atoms with Gasteiger partial charge in [0.05, 0.1) is 22.4 Å². The summed E-state index contributed by atoms with van der Waals surface area (Å²) in [5.41, 5.74) is 2.59. The number of benzene rings is 2. The Hall–Kier alpha value is -2.58. The zero-order valence-electron chi connectivity index (χ0n) is 14.8. The quantitative estimate of drug-likeness (QED) is 0.385. The molecule has 142 valence electrons. The molecule has 4 nitrogen and oxygen atoms in total. The number of rotatable bonds is 6. The molecule has 28 heavy (non-hydrogen) atoms. The maximum Gasteiger partial charge on any atom is 0.277 e. The van der Waals surface area contributed by atoms with Gasteiger partial charge in [-0.25, -0.2) is 13.8 Å². The van der Waals surface area contributed by atoms with Gasteiger partial charge in [0.25, 0.3) is 5.22 Å². The third-order valence-corrected chi connectivity index (χ3v) is 5.98. The highest BCUT2D eigenvalue weighted by Gasteiger charge is 2.20. The molecule has 0 saturated heterocycles. The second-order valence-electron chi connectivity index (χ2n) is 6.10. The molecule has 2 aromatic carbocycles. The smallest absolute Gasteiger partial charge is 0.277 e. The van der Waals surface area contributed by atoms with Gasteiger partial charge in [-0.05, 0) is 42.3 Å². The number of hydrogen-bond acceptors (Lipinski definition) is 6. The molecule has 0 fully saturated rings. The molecule has 0 amide bonds. The summed E-state index contributed by atoms with van der Waals surface area (Å²) in [5.74, 6) is -0.153. The van der Waals surface area contributed by atoms with Crippen LogP contribution in [-0.4, -0.2) is 15.2 Å². The number of hydrogen-bond donors (Lipinski definition) is 0. The van der Waals surface area contributed by atoms with Gasteiger partial charge < -0.3 is 4.42 Å². The summed E-state index contributed by atoms with van der Waals surface area (Å²) in [6.07, 6.45) is 0.468. The lowest BCUT2D eigenvalue weighted by atomic mass is 10.0. The monoisotopic (exact) mass is 415 g/mol. The number of aryl methyl sites for hydroxylation is 1. The van der Waals surface area contributed by atoms with Crippen LogP contribution in [0.2, 0.25) is 0 Å². The van der Waals surface area contributed by atoms with E-state index in [4.69, 9.17) is 4.42 Å². The predicted molar refractivity (Wildman–Crippen MR) is 104 cm³/mol. The van der Waals surface area contributed by atoms with Gasteiger partial charge in [-0.1, -0.05) is 36.0 Å². The molecule has 0 saturated carbocycles. The van der Waals surface area contributed by atoms with Gasteiger partial charge in [0.15, 0.2) is 0 Å². The van der Waals surface area contributed by atoms with Crippen molar-refractivity contribution in [2.45, 2.75) is 23.8 Å². The molecule has 0 atom stereocenters. The third-order valence-electron chi connectivity index (χ3n) is 4.01. The second kappa shape index (κ2) is 8.20.